The molecule has 2 aliphatic heterocycles. The van der Waals surface area contributed by atoms with E-state index in [-0.39, 0.29) is 30.2 Å². The van der Waals surface area contributed by atoms with Gasteiger partial charge in [0, 0.05) is 18.8 Å². The standard InChI is InChI=1S/C22H20FN3O3/c23-15-5-7-16(8-6-15)26-20(27)13-18(22(26)28)25-11-9-14(10-12-25)21-24-17-3-1-2-4-19(17)29-21/h1-8,14,18H,9-13H2/p+1/t18-/m1/s1. The van der Waals surface area contributed by atoms with Crippen LogP contribution >= 0.6 is 0 Å². The third-order valence-electron chi connectivity index (χ3n) is 6.01. The van der Waals surface area contributed by atoms with E-state index in [0.29, 0.717) is 5.69 Å². The molecule has 7 heteroatoms. The third kappa shape index (κ3) is 3.21. The molecule has 1 atom stereocenters. The number of hydrogen-bond donors (Lipinski definition) is 1. The number of rotatable bonds is 3. The molecule has 148 valence electrons. The summed E-state index contributed by atoms with van der Waals surface area (Å²) >= 11 is 0. The molecule has 2 aliphatic rings. The zero-order valence-electron chi connectivity index (χ0n) is 15.8. The summed E-state index contributed by atoms with van der Waals surface area (Å²) in [5, 5.41) is 0. The number of piperidine rings is 1. The van der Waals surface area contributed by atoms with Gasteiger partial charge in [0.1, 0.15) is 11.3 Å². The van der Waals surface area contributed by atoms with E-state index in [2.05, 4.69) is 4.98 Å². The second kappa shape index (κ2) is 7.08. The van der Waals surface area contributed by atoms with Gasteiger partial charge < -0.3 is 9.32 Å². The molecule has 0 spiro atoms. The number of carbonyl (C=O) groups excluding carboxylic acids is 2. The molecule has 2 fully saturated rings. The molecule has 3 heterocycles. The minimum atomic E-state index is -0.392. The van der Waals surface area contributed by atoms with Gasteiger partial charge in [0.05, 0.1) is 25.2 Å². The number of benzene rings is 2. The highest BCUT2D eigenvalue weighted by Gasteiger charge is 2.46. The second-order valence-corrected chi connectivity index (χ2v) is 7.75. The molecule has 0 saturated carbocycles. The lowest BCUT2D eigenvalue weighted by Gasteiger charge is -2.30. The third-order valence-corrected chi connectivity index (χ3v) is 6.01. The van der Waals surface area contributed by atoms with Crippen molar-refractivity contribution < 1.29 is 23.3 Å². The monoisotopic (exact) mass is 394 g/mol. The summed E-state index contributed by atoms with van der Waals surface area (Å²) in [7, 11) is 0. The first-order valence-corrected chi connectivity index (χ1v) is 9.92. The molecule has 0 unspecified atom stereocenters. The number of likely N-dealkylation sites (tertiary alicyclic amines) is 1. The van der Waals surface area contributed by atoms with Crippen LogP contribution in [0.2, 0.25) is 0 Å². The van der Waals surface area contributed by atoms with Crippen LogP contribution in [0.15, 0.2) is 52.9 Å². The Hall–Kier alpha value is -3.06. The number of hydrogen-bond acceptors (Lipinski definition) is 4. The molecule has 29 heavy (non-hydrogen) atoms. The molecule has 0 radical (unpaired) electrons. The first-order chi connectivity index (χ1) is 14.1. The molecular formula is C22H21FN3O3+. The normalized spacial score (nSPS) is 25.1. The largest absolute Gasteiger partial charge is 0.440 e. The first-order valence-electron chi connectivity index (χ1n) is 9.92. The summed E-state index contributed by atoms with van der Waals surface area (Å²) in [6, 6.07) is 12.8. The maximum absolute atomic E-state index is 13.2. The lowest BCUT2D eigenvalue weighted by Crippen LogP contribution is -3.17. The molecule has 2 amide bonds. The summed E-state index contributed by atoms with van der Waals surface area (Å²) in [6.07, 6.45) is 1.91. The maximum Gasteiger partial charge on any atom is 0.292 e. The number of nitrogens with zero attached hydrogens (tertiary/aromatic N) is 2. The second-order valence-electron chi connectivity index (χ2n) is 7.75. The maximum atomic E-state index is 13.2. The number of fused-ring (bicyclic) bond motifs is 1. The van der Waals surface area contributed by atoms with E-state index in [0.717, 1.165) is 47.8 Å². The summed E-state index contributed by atoms with van der Waals surface area (Å²) in [5.74, 6) is 0.173. The van der Waals surface area contributed by atoms with Gasteiger partial charge in [0.25, 0.3) is 5.91 Å². The minimum Gasteiger partial charge on any atom is -0.440 e. The quantitative estimate of drug-likeness (QED) is 0.691. The van der Waals surface area contributed by atoms with E-state index < -0.39 is 5.82 Å². The van der Waals surface area contributed by atoms with Crippen molar-refractivity contribution in [1.82, 2.24) is 4.98 Å². The minimum absolute atomic E-state index is 0.194. The van der Waals surface area contributed by atoms with Gasteiger partial charge in [0.2, 0.25) is 5.91 Å². The van der Waals surface area contributed by atoms with Crippen LogP contribution < -0.4 is 9.80 Å². The van der Waals surface area contributed by atoms with Crippen LogP contribution in [-0.4, -0.2) is 35.9 Å². The van der Waals surface area contributed by atoms with E-state index >= 15 is 0 Å². The summed E-state index contributed by atoms with van der Waals surface area (Å²) in [6.45, 7) is 1.56. The number of anilines is 1. The van der Waals surface area contributed by atoms with Crippen LogP contribution in [0.1, 0.15) is 31.1 Å². The van der Waals surface area contributed by atoms with E-state index in [1.54, 1.807) is 0 Å². The van der Waals surface area contributed by atoms with Crippen molar-refractivity contribution >= 4 is 28.6 Å². The molecule has 2 saturated heterocycles. The lowest BCUT2D eigenvalue weighted by atomic mass is 9.95. The SMILES string of the molecule is O=C1C[C@@H]([NH+]2CCC(c3nc4ccccc4o3)CC2)C(=O)N1c1ccc(F)cc1. The molecule has 5 rings (SSSR count). The molecular weight excluding hydrogens is 373 g/mol. The van der Waals surface area contributed by atoms with Gasteiger partial charge in [-0.15, -0.1) is 0 Å². The molecule has 0 bridgehead atoms. The topological polar surface area (TPSA) is 67.9 Å². The van der Waals surface area contributed by atoms with Crippen molar-refractivity contribution in [3.63, 3.8) is 0 Å². The van der Waals surface area contributed by atoms with Crippen molar-refractivity contribution in [3.05, 3.63) is 60.2 Å². The predicted octanol–water partition coefficient (Wildman–Crippen LogP) is 2.06. The fraction of sp³-hybridized carbons (Fsp3) is 0.318. The number of para-hydroxylation sites is 2. The highest BCUT2D eigenvalue weighted by atomic mass is 19.1. The van der Waals surface area contributed by atoms with Crippen LogP contribution in [-0.2, 0) is 9.59 Å². The van der Waals surface area contributed by atoms with Gasteiger partial charge in [-0.05, 0) is 36.4 Å². The van der Waals surface area contributed by atoms with Gasteiger partial charge >= 0.3 is 0 Å². The zero-order chi connectivity index (χ0) is 20.0. The number of quaternary nitrogens is 1. The average Bonchev–Trinajstić information content (AvgIpc) is 3.30. The van der Waals surface area contributed by atoms with E-state index in [9.17, 15) is 14.0 Å². The Balaban J connectivity index is 1.27. The molecule has 1 N–H and O–H groups in total. The predicted molar refractivity (Wildman–Crippen MR) is 104 cm³/mol. The van der Waals surface area contributed by atoms with Gasteiger partial charge in [0.15, 0.2) is 17.5 Å². The van der Waals surface area contributed by atoms with Crippen molar-refractivity contribution in [1.29, 1.82) is 0 Å². The number of halogens is 1. The Morgan fingerprint density at radius 3 is 2.48 bits per heavy atom. The van der Waals surface area contributed by atoms with Crippen molar-refractivity contribution in [3.8, 4) is 0 Å². The average molecular weight is 394 g/mol. The summed E-state index contributed by atoms with van der Waals surface area (Å²) < 4.78 is 19.1. The number of oxazole rings is 1. The van der Waals surface area contributed by atoms with E-state index in [1.807, 2.05) is 24.3 Å². The Kier molecular flexibility index (Phi) is 4.39. The Labute approximate surface area is 166 Å². The van der Waals surface area contributed by atoms with E-state index in [1.165, 1.54) is 29.2 Å². The summed E-state index contributed by atoms with van der Waals surface area (Å²) in [4.78, 5) is 32.3. The van der Waals surface area contributed by atoms with Gasteiger partial charge in [-0.2, -0.15) is 0 Å². The van der Waals surface area contributed by atoms with E-state index in [4.69, 9.17) is 4.42 Å². The molecule has 1 aromatic heterocycles. The number of amides is 2. The molecule has 6 nitrogen and oxygen atoms in total. The number of nitrogens with one attached hydrogen (secondary N) is 1. The molecule has 0 aliphatic carbocycles. The van der Waals surface area contributed by atoms with Crippen LogP contribution in [0.4, 0.5) is 10.1 Å². The smallest absolute Gasteiger partial charge is 0.292 e. The van der Waals surface area contributed by atoms with Gasteiger partial charge in [-0.3, -0.25) is 9.59 Å². The van der Waals surface area contributed by atoms with Crippen LogP contribution in [0.25, 0.3) is 11.1 Å². The first kappa shape index (κ1) is 18.0. The highest BCUT2D eigenvalue weighted by molar-refractivity contribution is 6.21. The van der Waals surface area contributed by atoms with Crippen molar-refractivity contribution in [2.24, 2.45) is 0 Å². The highest BCUT2D eigenvalue weighted by Crippen LogP contribution is 2.28. The van der Waals surface area contributed by atoms with Gasteiger partial charge in [-0.1, -0.05) is 12.1 Å². The number of aromatic nitrogens is 1. The molecule has 2 aromatic carbocycles. The Bertz CT molecular complexity index is 1040. The Morgan fingerprint density at radius 1 is 1.03 bits per heavy atom. The number of imide groups is 1. The van der Waals surface area contributed by atoms with Crippen LogP contribution in [0.5, 0.6) is 0 Å². The fourth-order valence-corrected chi connectivity index (χ4v) is 4.46. The number of carbonyl (C=O) groups is 2. The molecule has 3 aromatic rings. The van der Waals surface area contributed by atoms with Crippen molar-refractivity contribution in [2.45, 2.75) is 31.2 Å². The van der Waals surface area contributed by atoms with Crippen LogP contribution in [0, 0.1) is 5.82 Å². The zero-order valence-corrected chi connectivity index (χ0v) is 15.8. The van der Waals surface area contributed by atoms with Gasteiger partial charge in [-0.25, -0.2) is 14.3 Å². The Morgan fingerprint density at radius 2 is 1.76 bits per heavy atom. The van der Waals surface area contributed by atoms with Crippen molar-refractivity contribution in [2.75, 3.05) is 18.0 Å². The fourth-order valence-electron chi connectivity index (χ4n) is 4.46. The van der Waals surface area contributed by atoms with Crippen LogP contribution in [0.3, 0.4) is 0 Å². The lowest BCUT2D eigenvalue weighted by molar-refractivity contribution is -0.920. The summed E-state index contributed by atoms with van der Waals surface area (Å²) in [5.41, 5.74) is 2.09.